The number of carbonyl (C=O) groups is 1. The van der Waals surface area contributed by atoms with Gasteiger partial charge >= 0.3 is 0 Å². The summed E-state index contributed by atoms with van der Waals surface area (Å²) in [5.74, 6) is 0.964. The molecule has 2 heterocycles. The van der Waals surface area contributed by atoms with Crippen LogP contribution in [-0.4, -0.2) is 23.9 Å². The zero-order chi connectivity index (χ0) is 14.5. The minimum atomic E-state index is 0.309. The summed E-state index contributed by atoms with van der Waals surface area (Å²) in [7, 11) is 0. The molecule has 110 valence electrons. The Morgan fingerprint density at radius 1 is 1.10 bits per heavy atom. The molecule has 0 aliphatic carbocycles. The van der Waals surface area contributed by atoms with Gasteiger partial charge in [0.2, 0.25) is 5.91 Å². The number of carbonyl (C=O) groups excluding carboxylic acids is 1. The summed E-state index contributed by atoms with van der Waals surface area (Å²) in [6.45, 7) is 1.83. The highest BCUT2D eigenvalue weighted by Gasteiger charge is 2.23. The largest absolute Gasteiger partial charge is 0.343 e. The van der Waals surface area contributed by atoms with E-state index < -0.39 is 0 Å². The van der Waals surface area contributed by atoms with Crippen molar-refractivity contribution in [2.75, 3.05) is 13.1 Å². The predicted molar refractivity (Wildman–Crippen MR) is 87.6 cm³/mol. The number of hydrogen-bond acceptors (Lipinski definition) is 2. The molecular formula is C18H21NOS. The van der Waals surface area contributed by atoms with Gasteiger partial charge < -0.3 is 4.90 Å². The molecule has 1 aliphatic heterocycles. The van der Waals surface area contributed by atoms with Crippen molar-refractivity contribution in [2.45, 2.75) is 31.6 Å². The quantitative estimate of drug-likeness (QED) is 0.833. The molecule has 0 saturated carbocycles. The lowest BCUT2D eigenvalue weighted by Crippen LogP contribution is -2.37. The molecule has 1 aromatic heterocycles. The molecule has 1 aromatic carbocycles. The van der Waals surface area contributed by atoms with E-state index in [4.69, 9.17) is 0 Å². The van der Waals surface area contributed by atoms with Crippen molar-refractivity contribution in [3.8, 4) is 0 Å². The predicted octanol–water partition coefficient (Wildman–Crippen LogP) is 4.09. The molecule has 3 rings (SSSR count). The van der Waals surface area contributed by atoms with Crippen LogP contribution in [0.2, 0.25) is 0 Å². The Hall–Kier alpha value is -1.61. The van der Waals surface area contributed by atoms with Crippen LogP contribution in [0.3, 0.4) is 0 Å². The SMILES string of the molecule is O=C(CCc1ccccc1)N1CCC(c2cccs2)CC1. The fraction of sp³-hybridized carbons (Fsp3) is 0.389. The lowest BCUT2D eigenvalue weighted by molar-refractivity contribution is -0.132. The van der Waals surface area contributed by atoms with E-state index in [0.29, 0.717) is 18.2 Å². The van der Waals surface area contributed by atoms with E-state index in [1.165, 1.54) is 10.4 Å². The van der Waals surface area contributed by atoms with Crippen LogP contribution in [0.15, 0.2) is 47.8 Å². The van der Waals surface area contributed by atoms with Crippen LogP contribution >= 0.6 is 11.3 Å². The number of hydrogen-bond donors (Lipinski definition) is 0. The summed E-state index contributed by atoms with van der Waals surface area (Å²) >= 11 is 1.84. The third kappa shape index (κ3) is 3.73. The minimum Gasteiger partial charge on any atom is -0.343 e. The van der Waals surface area contributed by atoms with Crippen LogP contribution in [0.4, 0.5) is 0 Å². The summed E-state index contributed by atoms with van der Waals surface area (Å²) in [6.07, 6.45) is 3.70. The van der Waals surface area contributed by atoms with Gasteiger partial charge in [0, 0.05) is 24.4 Å². The third-order valence-electron chi connectivity index (χ3n) is 4.26. The summed E-state index contributed by atoms with van der Waals surface area (Å²) in [5.41, 5.74) is 1.25. The lowest BCUT2D eigenvalue weighted by atomic mass is 9.95. The average Bonchev–Trinajstić information content (AvgIpc) is 3.08. The van der Waals surface area contributed by atoms with E-state index in [9.17, 15) is 4.79 Å². The highest BCUT2D eigenvalue weighted by Crippen LogP contribution is 2.31. The number of aryl methyl sites for hydroxylation is 1. The van der Waals surface area contributed by atoms with Gasteiger partial charge in [-0.15, -0.1) is 11.3 Å². The van der Waals surface area contributed by atoms with Gasteiger partial charge in [-0.3, -0.25) is 4.79 Å². The van der Waals surface area contributed by atoms with Crippen molar-refractivity contribution in [3.63, 3.8) is 0 Å². The maximum absolute atomic E-state index is 12.3. The van der Waals surface area contributed by atoms with Crippen LogP contribution < -0.4 is 0 Å². The minimum absolute atomic E-state index is 0.309. The van der Waals surface area contributed by atoms with Gasteiger partial charge in [-0.05, 0) is 42.2 Å². The Kier molecular flexibility index (Phi) is 4.71. The maximum Gasteiger partial charge on any atom is 0.222 e. The van der Waals surface area contributed by atoms with Crippen LogP contribution in [0.1, 0.15) is 35.6 Å². The van der Waals surface area contributed by atoms with Gasteiger partial charge in [0.05, 0.1) is 0 Å². The van der Waals surface area contributed by atoms with Crippen molar-refractivity contribution in [2.24, 2.45) is 0 Å². The van der Waals surface area contributed by atoms with Gasteiger partial charge in [0.25, 0.3) is 0 Å². The molecule has 1 saturated heterocycles. The average molecular weight is 299 g/mol. The molecular weight excluding hydrogens is 278 g/mol. The van der Waals surface area contributed by atoms with E-state index in [0.717, 1.165) is 32.4 Å². The molecule has 1 fully saturated rings. The summed E-state index contributed by atoms with van der Waals surface area (Å²) in [6, 6.07) is 14.6. The summed E-state index contributed by atoms with van der Waals surface area (Å²) in [5, 5.41) is 2.15. The lowest BCUT2D eigenvalue weighted by Gasteiger charge is -2.31. The highest BCUT2D eigenvalue weighted by molar-refractivity contribution is 7.10. The van der Waals surface area contributed by atoms with E-state index >= 15 is 0 Å². The molecule has 3 heteroatoms. The van der Waals surface area contributed by atoms with E-state index in [-0.39, 0.29) is 0 Å². The first-order valence-electron chi connectivity index (χ1n) is 7.68. The second kappa shape index (κ2) is 6.90. The third-order valence-corrected chi connectivity index (χ3v) is 5.30. The van der Waals surface area contributed by atoms with Gasteiger partial charge in [0.1, 0.15) is 0 Å². The molecule has 0 unspecified atom stereocenters. The standard InChI is InChI=1S/C18H21NOS/c20-18(9-8-15-5-2-1-3-6-15)19-12-10-16(11-13-19)17-7-4-14-21-17/h1-7,14,16H,8-13H2. The monoisotopic (exact) mass is 299 g/mol. The molecule has 21 heavy (non-hydrogen) atoms. The number of amides is 1. The van der Waals surface area contributed by atoms with E-state index in [1.54, 1.807) is 0 Å². The van der Waals surface area contributed by atoms with Gasteiger partial charge in [-0.25, -0.2) is 0 Å². The molecule has 0 N–H and O–H groups in total. The van der Waals surface area contributed by atoms with Gasteiger partial charge in [-0.2, -0.15) is 0 Å². The number of piperidine rings is 1. The smallest absolute Gasteiger partial charge is 0.222 e. The van der Waals surface area contributed by atoms with Crippen molar-refractivity contribution in [3.05, 3.63) is 58.3 Å². The Bertz CT molecular complexity index is 556. The molecule has 2 nitrogen and oxygen atoms in total. The normalized spacial score (nSPS) is 16.1. The zero-order valence-corrected chi connectivity index (χ0v) is 13.0. The summed E-state index contributed by atoms with van der Waals surface area (Å²) in [4.78, 5) is 15.8. The second-order valence-corrected chi connectivity index (χ2v) is 6.64. The van der Waals surface area contributed by atoms with Crippen molar-refractivity contribution < 1.29 is 4.79 Å². The number of benzene rings is 1. The number of rotatable bonds is 4. The number of likely N-dealkylation sites (tertiary alicyclic amines) is 1. The van der Waals surface area contributed by atoms with E-state index in [2.05, 4.69) is 29.6 Å². The molecule has 2 aromatic rings. The maximum atomic E-state index is 12.3. The number of nitrogens with zero attached hydrogens (tertiary/aromatic N) is 1. The Labute approximate surface area is 130 Å². The first-order chi connectivity index (χ1) is 10.3. The molecule has 1 amide bonds. The van der Waals surface area contributed by atoms with Crippen molar-refractivity contribution >= 4 is 17.2 Å². The molecule has 0 spiro atoms. The Morgan fingerprint density at radius 3 is 2.52 bits per heavy atom. The highest BCUT2D eigenvalue weighted by atomic mass is 32.1. The molecule has 0 radical (unpaired) electrons. The van der Waals surface area contributed by atoms with Crippen molar-refractivity contribution in [1.29, 1.82) is 0 Å². The van der Waals surface area contributed by atoms with Gasteiger partial charge in [0.15, 0.2) is 0 Å². The first kappa shape index (κ1) is 14.3. The van der Waals surface area contributed by atoms with Crippen LogP contribution in [0.5, 0.6) is 0 Å². The summed E-state index contributed by atoms with van der Waals surface area (Å²) < 4.78 is 0. The topological polar surface area (TPSA) is 20.3 Å². The van der Waals surface area contributed by atoms with Crippen LogP contribution in [0, 0.1) is 0 Å². The van der Waals surface area contributed by atoms with Crippen LogP contribution in [0.25, 0.3) is 0 Å². The zero-order valence-electron chi connectivity index (χ0n) is 12.2. The molecule has 0 atom stereocenters. The molecule has 1 aliphatic rings. The Morgan fingerprint density at radius 2 is 1.86 bits per heavy atom. The first-order valence-corrected chi connectivity index (χ1v) is 8.56. The Balaban J connectivity index is 1.47. The number of thiophene rings is 1. The van der Waals surface area contributed by atoms with Crippen LogP contribution in [-0.2, 0) is 11.2 Å². The fourth-order valence-corrected chi connectivity index (χ4v) is 3.89. The van der Waals surface area contributed by atoms with Crippen molar-refractivity contribution in [1.82, 2.24) is 4.90 Å². The molecule has 0 bridgehead atoms. The van der Waals surface area contributed by atoms with Gasteiger partial charge in [-0.1, -0.05) is 36.4 Å². The second-order valence-electron chi connectivity index (χ2n) is 5.66. The van der Waals surface area contributed by atoms with E-state index in [1.807, 2.05) is 34.4 Å². The fourth-order valence-electron chi connectivity index (χ4n) is 2.99.